The molecule has 0 saturated carbocycles. The highest BCUT2D eigenvalue weighted by Crippen LogP contribution is 2.46. The molecule has 2 saturated heterocycles. The molecule has 0 bridgehead atoms. The molecule has 70 heavy (non-hydrogen) atoms. The van der Waals surface area contributed by atoms with Gasteiger partial charge in [-0.05, 0) is 71.8 Å². The van der Waals surface area contributed by atoms with E-state index in [1.165, 1.54) is 7.11 Å². The van der Waals surface area contributed by atoms with E-state index in [2.05, 4.69) is 9.80 Å². The standard InChI is InChI=1S/C52H74N2O16/c1-34(9-13-40-47(57)46-42(32-67-52(46)59)36(3)49(40)60-5)11-15-44(55)69-38(27-53-17-23-62-24-18-53)29-64-21-7-8-22-65-30-39(28-54-19-25-63-26-20-54)70-45(56)16-12-35(2)10-14-41-48(58)51-43(31-66-33-68-51)37(4)50(41)61-6/h9-10,38-39,57-58H,7-8,11-33H2,1-6H3/b34-9+,35-10+. The van der Waals surface area contributed by atoms with E-state index in [9.17, 15) is 24.6 Å². The number of phenolic OH excluding ortho intramolecular Hbond substituents is 2. The number of nitrogens with zero attached hydrogens (tertiary/aromatic N) is 2. The molecule has 2 fully saturated rings. The average Bonchev–Trinajstić information content (AvgIpc) is 3.76. The molecule has 4 heterocycles. The van der Waals surface area contributed by atoms with Gasteiger partial charge in [-0.1, -0.05) is 23.3 Å². The van der Waals surface area contributed by atoms with Crippen molar-refractivity contribution in [1.29, 1.82) is 0 Å². The molecule has 0 aliphatic carbocycles. The Balaban J connectivity index is 0.919. The number of allylic oxidation sites excluding steroid dienone is 4. The number of hydrogen-bond donors (Lipinski definition) is 2. The van der Waals surface area contributed by atoms with Crippen molar-refractivity contribution in [3.8, 4) is 28.7 Å². The number of rotatable bonds is 27. The lowest BCUT2D eigenvalue weighted by atomic mass is 9.94. The summed E-state index contributed by atoms with van der Waals surface area (Å²) in [6.45, 7) is 16.1. The van der Waals surface area contributed by atoms with Crippen molar-refractivity contribution in [2.24, 2.45) is 0 Å². The van der Waals surface area contributed by atoms with Crippen molar-refractivity contribution < 1.29 is 76.7 Å². The van der Waals surface area contributed by atoms with Crippen LogP contribution in [-0.2, 0) is 73.5 Å². The van der Waals surface area contributed by atoms with Crippen LogP contribution in [0.3, 0.4) is 0 Å². The Labute approximate surface area is 412 Å². The largest absolute Gasteiger partial charge is 0.507 e. The van der Waals surface area contributed by atoms with Gasteiger partial charge in [0.25, 0.3) is 0 Å². The summed E-state index contributed by atoms with van der Waals surface area (Å²) in [5, 5.41) is 22.0. The first-order valence-electron chi connectivity index (χ1n) is 24.5. The Morgan fingerprint density at radius 2 is 1.14 bits per heavy atom. The molecular weight excluding hydrogens is 909 g/mol. The zero-order valence-corrected chi connectivity index (χ0v) is 42.0. The zero-order chi connectivity index (χ0) is 50.0. The van der Waals surface area contributed by atoms with Crippen LogP contribution in [0.5, 0.6) is 28.7 Å². The number of hydrogen-bond acceptors (Lipinski definition) is 18. The molecule has 2 aromatic carbocycles. The van der Waals surface area contributed by atoms with Crippen LogP contribution < -0.4 is 14.2 Å². The molecule has 2 unspecified atom stereocenters. The molecule has 4 aliphatic heterocycles. The molecule has 4 aliphatic rings. The molecule has 18 nitrogen and oxygen atoms in total. The Kier molecular flexibility index (Phi) is 21.4. The van der Waals surface area contributed by atoms with E-state index >= 15 is 0 Å². The highest BCUT2D eigenvalue weighted by Gasteiger charge is 2.32. The van der Waals surface area contributed by atoms with E-state index in [4.69, 9.17) is 52.1 Å². The van der Waals surface area contributed by atoms with Gasteiger partial charge in [-0.25, -0.2) is 4.79 Å². The first-order chi connectivity index (χ1) is 33.9. The lowest BCUT2D eigenvalue weighted by Crippen LogP contribution is -2.43. The van der Waals surface area contributed by atoms with E-state index in [0.717, 1.165) is 66.9 Å². The minimum Gasteiger partial charge on any atom is -0.507 e. The number of fused-ring (bicyclic) bond motifs is 2. The summed E-state index contributed by atoms with van der Waals surface area (Å²) in [6.07, 6.45) is 6.48. The third-order valence-electron chi connectivity index (χ3n) is 13.1. The summed E-state index contributed by atoms with van der Waals surface area (Å²) in [7, 11) is 3.11. The predicted octanol–water partition coefficient (Wildman–Crippen LogP) is 5.81. The van der Waals surface area contributed by atoms with Crippen LogP contribution in [0.4, 0.5) is 0 Å². The number of phenols is 2. The second-order valence-electron chi connectivity index (χ2n) is 18.2. The summed E-state index contributed by atoms with van der Waals surface area (Å²) in [5.41, 5.74) is 6.25. The van der Waals surface area contributed by atoms with E-state index in [-0.39, 0.29) is 68.5 Å². The predicted molar refractivity (Wildman–Crippen MR) is 257 cm³/mol. The Hall–Kier alpha value is -4.95. The summed E-state index contributed by atoms with van der Waals surface area (Å²) in [6, 6.07) is 0. The van der Waals surface area contributed by atoms with Crippen LogP contribution in [0.25, 0.3) is 0 Å². The molecular formula is C52H74N2O16. The summed E-state index contributed by atoms with van der Waals surface area (Å²) in [4.78, 5) is 43.1. The van der Waals surface area contributed by atoms with E-state index in [1.807, 2.05) is 39.8 Å². The molecule has 2 atom stereocenters. The summed E-state index contributed by atoms with van der Waals surface area (Å²) < 4.78 is 62.6. The Bertz CT molecular complexity index is 2140. The van der Waals surface area contributed by atoms with Gasteiger partial charge in [0, 0.05) is 93.1 Å². The number of unbranched alkanes of at least 4 members (excludes halogenated alkanes) is 1. The normalized spacial score (nSPS) is 17.5. The number of carbonyl (C=O) groups is 3. The fraction of sp³-hybridized carbons (Fsp3) is 0.635. The maximum atomic E-state index is 13.2. The summed E-state index contributed by atoms with van der Waals surface area (Å²) >= 11 is 0. The van der Waals surface area contributed by atoms with Crippen LogP contribution in [0, 0.1) is 13.8 Å². The molecule has 0 spiro atoms. The number of methoxy groups -OCH3 is 2. The second kappa shape index (κ2) is 27.6. The fourth-order valence-corrected chi connectivity index (χ4v) is 9.06. The molecule has 6 rings (SSSR count). The third-order valence-corrected chi connectivity index (χ3v) is 13.1. The minimum absolute atomic E-state index is 0.0454. The molecule has 18 heteroatoms. The number of morpholine rings is 2. The van der Waals surface area contributed by atoms with Crippen molar-refractivity contribution in [3.63, 3.8) is 0 Å². The van der Waals surface area contributed by atoms with Crippen molar-refractivity contribution in [3.05, 3.63) is 62.2 Å². The first kappa shape index (κ1) is 54.4. The van der Waals surface area contributed by atoms with Gasteiger partial charge < -0.3 is 62.3 Å². The molecule has 2 aromatic rings. The van der Waals surface area contributed by atoms with Crippen molar-refractivity contribution in [2.45, 2.75) is 104 Å². The Morgan fingerprint density at radius 1 is 0.657 bits per heavy atom. The molecule has 2 N–H and O–H groups in total. The maximum absolute atomic E-state index is 13.2. The van der Waals surface area contributed by atoms with Crippen LogP contribution in [0.2, 0.25) is 0 Å². The number of benzene rings is 2. The fourth-order valence-electron chi connectivity index (χ4n) is 9.06. The zero-order valence-electron chi connectivity index (χ0n) is 42.0. The van der Waals surface area contributed by atoms with Crippen LogP contribution in [0.1, 0.15) is 96.1 Å². The van der Waals surface area contributed by atoms with Crippen molar-refractivity contribution in [2.75, 3.05) is 113 Å². The van der Waals surface area contributed by atoms with Gasteiger partial charge in [0.05, 0.1) is 60.5 Å². The molecule has 0 amide bonds. The van der Waals surface area contributed by atoms with Crippen molar-refractivity contribution >= 4 is 17.9 Å². The SMILES string of the molecule is COc1c(C)c2c(c(O)c1C/C=C(\C)CCC(=O)OC(COCCCCOCC(CN1CCOCC1)OC(=O)CC/C(C)=C/Cc1c(O)c3c(c(C)c1OC)COC3=O)CN1CCOCC1)OCOC2. The van der Waals surface area contributed by atoms with Crippen molar-refractivity contribution in [1.82, 2.24) is 9.80 Å². The number of ether oxygens (including phenoxy) is 11. The minimum atomic E-state index is -0.548. The third kappa shape index (κ3) is 15.3. The number of cyclic esters (lactones) is 1. The number of esters is 3. The topological polar surface area (TPSA) is 200 Å². The van der Waals surface area contributed by atoms with Gasteiger partial charge in [0.1, 0.15) is 41.6 Å². The molecule has 388 valence electrons. The van der Waals surface area contributed by atoms with Crippen LogP contribution >= 0.6 is 0 Å². The van der Waals surface area contributed by atoms with Gasteiger partial charge in [-0.2, -0.15) is 0 Å². The molecule has 0 radical (unpaired) electrons. The van der Waals surface area contributed by atoms with E-state index in [0.29, 0.717) is 119 Å². The highest BCUT2D eigenvalue weighted by atomic mass is 16.7. The Morgan fingerprint density at radius 3 is 1.64 bits per heavy atom. The molecule has 0 aromatic heterocycles. The lowest BCUT2D eigenvalue weighted by molar-refractivity contribution is -0.155. The summed E-state index contributed by atoms with van der Waals surface area (Å²) in [5.74, 6) is 0.263. The average molecular weight is 983 g/mol. The second-order valence-corrected chi connectivity index (χ2v) is 18.2. The number of aromatic hydroxyl groups is 2. The highest BCUT2D eigenvalue weighted by molar-refractivity contribution is 5.98. The van der Waals surface area contributed by atoms with Gasteiger partial charge in [0.15, 0.2) is 18.3 Å². The smallest absolute Gasteiger partial charge is 0.342 e. The number of carbonyl (C=O) groups excluding carboxylic acids is 3. The van der Waals surface area contributed by atoms with Crippen LogP contribution in [-0.4, -0.2) is 163 Å². The monoisotopic (exact) mass is 983 g/mol. The lowest BCUT2D eigenvalue weighted by Gasteiger charge is -2.30. The van der Waals surface area contributed by atoms with E-state index < -0.39 is 18.2 Å². The van der Waals surface area contributed by atoms with Gasteiger partial charge in [0.2, 0.25) is 0 Å². The van der Waals surface area contributed by atoms with Crippen LogP contribution in [0.15, 0.2) is 23.3 Å². The maximum Gasteiger partial charge on any atom is 0.342 e. The van der Waals surface area contributed by atoms with Gasteiger partial charge >= 0.3 is 17.9 Å². The van der Waals surface area contributed by atoms with E-state index in [1.54, 1.807) is 7.11 Å². The first-order valence-corrected chi connectivity index (χ1v) is 24.5. The quantitative estimate of drug-likeness (QED) is 0.0470. The van der Waals surface area contributed by atoms with Gasteiger partial charge in [-0.3, -0.25) is 19.4 Å². The van der Waals surface area contributed by atoms with Gasteiger partial charge in [-0.15, -0.1) is 0 Å².